The molecule has 0 spiro atoms. The van der Waals surface area contributed by atoms with Gasteiger partial charge in [-0.25, -0.2) is 4.79 Å². The molecule has 82 valence electrons. The van der Waals surface area contributed by atoms with E-state index in [9.17, 15) is 9.59 Å². The SMILES string of the molecule is Cl.NCC(=O)NC1(C(=O)O)CCCC1. The highest BCUT2D eigenvalue weighted by atomic mass is 35.5. The van der Waals surface area contributed by atoms with Crippen molar-refractivity contribution in [3.63, 3.8) is 0 Å². The van der Waals surface area contributed by atoms with Crippen molar-refractivity contribution in [2.24, 2.45) is 5.73 Å². The molecule has 0 saturated heterocycles. The minimum atomic E-state index is -1.05. The molecule has 4 N–H and O–H groups in total. The topological polar surface area (TPSA) is 92.4 Å². The minimum absolute atomic E-state index is 0. The molecule has 0 unspecified atom stereocenters. The van der Waals surface area contributed by atoms with E-state index in [0.717, 1.165) is 12.8 Å². The monoisotopic (exact) mass is 222 g/mol. The van der Waals surface area contributed by atoms with Crippen LogP contribution in [-0.4, -0.2) is 29.1 Å². The number of nitrogens with two attached hydrogens (primary N) is 1. The first-order valence-electron chi connectivity index (χ1n) is 4.35. The first-order valence-corrected chi connectivity index (χ1v) is 4.35. The van der Waals surface area contributed by atoms with E-state index in [1.807, 2.05) is 0 Å². The van der Waals surface area contributed by atoms with Crippen LogP contribution in [-0.2, 0) is 9.59 Å². The number of hydrogen-bond donors (Lipinski definition) is 3. The first-order chi connectivity index (χ1) is 6.10. The number of carbonyl (C=O) groups excluding carboxylic acids is 1. The van der Waals surface area contributed by atoms with E-state index in [2.05, 4.69) is 5.32 Å². The minimum Gasteiger partial charge on any atom is -0.480 e. The Hall–Kier alpha value is -0.810. The average molecular weight is 223 g/mol. The molecule has 1 aliphatic carbocycles. The van der Waals surface area contributed by atoms with Gasteiger partial charge in [-0.15, -0.1) is 12.4 Å². The first kappa shape index (κ1) is 13.2. The summed E-state index contributed by atoms with van der Waals surface area (Å²) < 4.78 is 0. The van der Waals surface area contributed by atoms with Crippen LogP contribution in [0.25, 0.3) is 0 Å². The average Bonchev–Trinajstić information content (AvgIpc) is 2.54. The summed E-state index contributed by atoms with van der Waals surface area (Å²) in [7, 11) is 0. The largest absolute Gasteiger partial charge is 0.480 e. The van der Waals surface area contributed by atoms with Gasteiger partial charge in [0.15, 0.2) is 0 Å². The lowest BCUT2D eigenvalue weighted by Crippen LogP contribution is -2.54. The Labute approximate surface area is 88.4 Å². The molecule has 0 aromatic rings. The van der Waals surface area contributed by atoms with Crippen molar-refractivity contribution in [2.75, 3.05) is 6.54 Å². The number of hydrogen-bond acceptors (Lipinski definition) is 3. The Morgan fingerprint density at radius 3 is 2.21 bits per heavy atom. The number of carboxylic acids is 1. The molecule has 6 heteroatoms. The highest BCUT2D eigenvalue weighted by Gasteiger charge is 2.42. The Morgan fingerprint density at radius 1 is 1.36 bits per heavy atom. The van der Waals surface area contributed by atoms with Gasteiger partial charge in [0.25, 0.3) is 0 Å². The van der Waals surface area contributed by atoms with Crippen LogP contribution >= 0.6 is 12.4 Å². The van der Waals surface area contributed by atoms with Crippen LogP contribution in [0.3, 0.4) is 0 Å². The van der Waals surface area contributed by atoms with E-state index >= 15 is 0 Å². The van der Waals surface area contributed by atoms with Gasteiger partial charge < -0.3 is 16.2 Å². The predicted molar refractivity (Wildman–Crippen MR) is 53.3 cm³/mol. The van der Waals surface area contributed by atoms with Crippen LogP contribution in [0.2, 0.25) is 0 Å². The predicted octanol–water partition coefficient (Wildman–Crippen LogP) is -0.120. The van der Waals surface area contributed by atoms with Gasteiger partial charge >= 0.3 is 5.97 Å². The molecule has 0 heterocycles. The quantitative estimate of drug-likeness (QED) is 0.621. The number of carbonyl (C=O) groups is 2. The van der Waals surface area contributed by atoms with E-state index < -0.39 is 17.4 Å². The van der Waals surface area contributed by atoms with Crippen LogP contribution in [0.5, 0.6) is 0 Å². The maximum absolute atomic E-state index is 11.0. The van der Waals surface area contributed by atoms with Gasteiger partial charge in [-0.1, -0.05) is 12.8 Å². The zero-order chi connectivity index (χ0) is 9.90. The van der Waals surface area contributed by atoms with Crippen molar-refractivity contribution in [2.45, 2.75) is 31.2 Å². The summed E-state index contributed by atoms with van der Waals surface area (Å²) in [5, 5.41) is 11.4. The van der Waals surface area contributed by atoms with Crippen LogP contribution in [0, 0.1) is 0 Å². The molecule has 5 nitrogen and oxygen atoms in total. The summed E-state index contributed by atoms with van der Waals surface area (Å²) >= 11 is 0. The van der Waals surface area contributed by atoms with Crippen LogP contribution in [0.1, 0.15) is 25.7 Å². The van der Waals surface area contributed by atoms with Gasteiger partial charge in [0.1, 0.15) is 5.54 Å². The number of nitrogens with one attached hydrogen (secondary N) is 1. The van der Waals surface area contributed by atoms with Gasteiger partial charge in [-0.05, 0) is 12.8 Å². The second-order valence-corrected chi connectivity index (χ2v) is 3.35. The third-order valence-electron chi connectivity index (χ3n) is 2.43. The summed E-state index contributed by atoms with van der Waals surface area (Å²) in [5.41, 5.74) is 4.06. The number of rotatable bonds is 3. The van der Waals surface area contributed by atoms with Crippen molar-refractivity contribution < 1.29 is 14.7 Å². The molecule has 0 aromatic carbocycles. The van der Waals surface area contributed by atoms with Crippen LogP contribution in [0.15, 0.2) is 0 Å². The maximum atomic E-state index is 11.0. The lowest BCUT2D eigenvalue weighted by Gasteiger charge is -2.24. The smallest absolute Gasteiger partial charge is 0.329 e. The van der Waals surface area contributed by atoms with Crippen molar-refractivity contribution in [3.05, 3.63) is 0 Å². The molecule has 14 heavy (non-hydrogen) atoms. The van der Waals surface area contributed by atoms with Gasteiger partial charge in [-0.2, -0.15) is 0 Å². The maximum Gasteiger partial charge on any atom is 0.329 e. The van der Waals surface area contributed by atoms with E-state index in [-0.39, 0.29) is 19.0 Å². The number of amides is 1. The third-order valence-corrected chi connectivity index (χ3v) is 2.43. The second kappa shape index (κ2) is 5.17. The summed E-state index contributed by atoms with van der Waals surface area (Å²) in [6.07, 6.45) is 2.70. The van der Waals surface area contributed by atoms with E-state index in [4.69, 9.17) is 10.8 Å². The normalized spacial score (nSPS) is 18.4. The molecule has 0 aromatic heterocycles. The fourth-order valence-electron chi connectivity index (χ4n) is 1.69. The van der Waals surface area contributed by atoms with E-state index in [0.29, 0.717) is 12.8 Å². The fourth-order valence-corrected chi connectivity index (χ4v) is 1.69. The zero-order valence-corrected chi connectivity index (χ0v) is 8.60. The second-order valence-electron chi connectivity index (χ2n) is 3.35. The van der Waals surface area contributed by atoms with Crippen molar-refractivity contribution >= 4 is 24.3 Å². The molecule has 0 radical (unpaired) electrons. The van der Waals surface area contributed by atoms with Gasteiger partial charge in [0.05, 0.1) is 6.54 Å². The number of aliphatic carboxylic acids is 1. The standard InChI is InChI=1S/C8H14N2O3.ClH/c9-5-6(11)10-8(7(12)13)3-1-2-4-8;/h1-5,9H2,(H,10,11)(H,12,13);1H. The molecular weight excluding hydrogens is 208 g/mol. The molecule has 1 amide bonds. The molecule has 1 saturated carbocycles. The third kappa shape index (κ3) is 2.59. The van der Waals surface area contributed by atoms with Crippen molar-refractivity contribution in [3.8, 4) is 0 Å². The summed E-state index contributed by atoms with van der Waals surface area (Å²) in [6.45, 7) is -0.158. The molecule has 0 atom stereocenters. The Morgan fingerprint density at radius 2 is 1.86 bits per heavy atom. The number of halogens is 1. The van der Waals surface area contributed by atoms with Crippen LogP contribution < -0.4 is 11.1 Å². The van der Waals surface area contributed by atoms with Gasteiger partial charge in [0.2, 0.25) is 5.91 Å². The lowest BCUT2D eigenvalue weighted by molar-refractivity contribution is -0.147. The molecule has 1 fully saturated rings. The lowest BCUT2D eigenvalue weighted by atomic mass is 9.98. The summed E-state index contributed by atoms with van der Waals surface area (Å²) in [4.78, 5) is 21.9. The van der Waals surface area contributed by atoms with Crippen molar-refractivity contribution in [1.29, 1.82) is 0 Å². The highest BCUT2D eigenvalue weighted by molar-refractivity contribution is 5.88. The fraction of sp³-hybridized carbons (Fsp3) is 0.750. The highest BCUT2D eigenvalue weighted by Crippen LogP contribution is 2.29. The zero-order valence-electron chi connectivity index (χ0n) is 7.78. The Balaban J connectivity index is 0.00000169. The Kier molecular flexibility index (Phi) is 4.87. The molecule has 0 aliphatic heterocycles. The molecule has 1 aliphatic rings. The van der Waals surface area contributed by atoms with E-state index in [1.165, 1.54) is 0 Å². The molecular formula is C8H15ClN2O3. The molecule has 1 rings (SSSR count). The number of carboxylic acid groups (broad SMARTS) is 1. The molecule has 0 bridgehead atoms. The van der Waals surface area contributed by atoms with Crippen molar-refractivity contribution in [1.82, 2.24) is 5.32 Å². The van der Waals surface area contributed by atoms with E-state index in [1.54, 1.807) is 0 Å². The van der Waals surface area contributed by atoms with Crippen LogP contribution in [0.4, 0.5) is 0 Å². The van der Waals surface area contributed by atoms with Gasteiger partial charge in [0, 0.05) is 0 Å². The summed E-state index contributed by atoms with van der Waals surface area (Å²) in [5.74, 6) is -1.35. The Bertz CT molecular complexity index is 227. The summed E-state index contributed by atoms with van der Waals surface area (Å²) in [6, 6.07) is 0. The van der Waals surface area contributed by atoms with Gasteiger partial charge in [-0.3, -0.25) is 4.79 Å².